The summed E-state index contributed by atoms with van der Waals surface area (Å²) in [5, 5.41) is 2.68. The van der Waals surface area contributed by atoms with E-state index in [1.165, 1.54) is 12.1 Å². The Bertz CT molecular complexity index is 546. The van der Waals surface area contributed by atoms with Crippen molar-refractivity contribution in [2.24, 2.45) is 0 Å². The van der Waals surface area contributed by atoms with E-state index in [0.717, 1.165) is 0 Å². The van der Waals surface area contributed by atoms with E-state index >= 15 is 0 Å². The van der Waals surface area contributed by atoms with Crippen molar-refractivity contribution in [2.75, 3.05) is 40.0 Å². The lowest BCUT2D eigenvalue weighted by Gasteiger charge is -2.05. The number of rotatable bonds is 10. The maximum absolute atomic E-state index is 11.9. The summed E-state index contributed by atoms with van der Waals surface area (Å²) in [5.41, 5.74) is 0. The molecule has 8 nitrogen and oxygen atoms in total. The maximum atomic E-state index is 11.9. The van der Waals surface area contributed by atoms with E-state index in [1.807, 2.05) is 0 Å². The molecule has 0 unspecified atom stereocenters. The molecule has 2 N–H and O–H groups in total. The third-order valence-corrected chi connectivity index (χ3v) is 3.73. The van der Waals surface area contributed by atoms with Gasteiger partial charge in [-0.15, -0.1) is 12.4 Å². The molecule has 0 fully saturated rings. The highest BCUT2D eigenvalue weighted by molar-refractivity contribution is 7.89. The highest BCUT2D eigenvalue weighted by atomic mass is 35.5. The summed E-state index contributed by atoms with van der Waals surface area (Å²) in [6, 6.07) is 2.48. The fraction of sp³-hybridized carbons (Fsp3) is 0.583. The Morgan fingerprint density at radius 3 is 2.64 bits per heavy atom. The Morgan fingerprint density at radius 1 is 1.27 bits per heavy atom. The van der Waals surface area contributed by atoms with Crippen LogP contribution in [0.5, 0.6) is 0 Å². The molecule has 10 heteroatoms. The van der Waals surface area contributed by atoms with Gasteiger partial charge in [0, 0.05) is 26.7 Å². The van der Waals surface area contributed by atoms with E-state index in [4.69, 9.17) is 13.9 Å². The van der Waals surface area contributed by atoms with Gasteiger partial charge >= 0.3 is 5.97 Å². The number of hydrogen-bond acceptors (Lipinski definition) is 7. The van der Waals surface area contributed by atoms with Gasteiger partial charge in [0.2, 0.25) is 10.9 Å². The van der Waals surface area contributed by atoms with Gasteiger partial charge in [-0.2, -0.15) is 0 Å². The van der Waals surface area contributed by atoms with Crippen molar-refractivity contribution in [3.63, 3.8) is 0 Å². The molecule has 0 saturated heterocycles. The van der Waals surface area contributed by atoms with Crippen LogP contribution in [0.25, 0.3) is 0 Å². The summed E-state index contributed by atoms with van der Waals surface area (Å²) < 4.78 is 40.7. The van der Waals surface area contributed by atoms with Crippen LogP contribution in [0, 0.1) is 0 Å². The molecule has 0 aliphatic heterocycles. The first-order chi connectivity index (χ1) is 10.0. The van der Waals surface area contributed by atoms with E-state index < -0.39 is 16.0 Å². The lowest BCUT2D eigenvalue weighted by molar-refractivity contribution is 0.0484. The minimum atomic E-state index is -3.78. The minimum Gasteiger partial charge on any atom is -0.460 e. The van der Waals surface area contributed by atoms with E-state index in [9.17, 15) is 13.2 Å². The Morgan fingerprint density at radius 2 is 2.00 bits per heavy atom. The molecule has 1 aromatic rings. The largest absolute Gasteiger partial charge is 0.460 e. The topological polar surface area (TPSA) is 107 Å². The van der Waals surface area contributed by atoms with Crippen molar-refractivity contribution in [2.45, 2.75) is 12.0 Å². The second-order valence-corrected chi connectivity index (χ2v) is 5.68. The average Bonchev–Trinajstić information content (AvgIpc) is 2.93. The number of halogens is 1. The van der Waals surface area contributed by atoms with Crippen LogP contribution in [0.3, 0.4) is 0 Å². The normalized spacial score (nSPS) is 11.0. The van der Waals surface area contributed by atoms with Crippen LogP contribution in [0.4, 0.5) is 0 Å². The molecule has 128 valence electrons. The van der Waals surface area contributed by atoms with E-state index in [1.54, 1.807) is 14.0 Å². The molecule has 0 aliphatic rings. The fourth-order valence-electron chi connectivity index (χ4n) is 1.42. The number of carbonyl (C=O) groups is 1. The second kappa shape index (κ2) is 10.6. The van der Waals surface area contributed by atoms with Crippen LogP contribution in [-0.4, -0.2) is 54.3 Å². The van der Waals surface area contributed by atoms with Crippen molar-refractivity contribution < 1.29 is 27.1 Å². The van der Waals surface area contributed by atoms with Gasteiger partial charge in [0.25, 0.3) is 10.0 Å². The highest BCUT2D eigenvalue weighted by Gasteiger charge is 2.21. The van der Waals surface area contributed by atoms with Crippen LogP contribution >= 0.6 is 12.4 Å². The molecule has 22 heavy (non-hydrogen) atoms. The van der Waals surface area contributed by atoms with Gasteiger partial charge in [0.1, 0.15) is 0 Å². The number of methoxy groups -OCH3 is 1. The van der Waals surface area contributed by atoms with Gasteiger partial charge < -0.3 is 19.2 Å². The van der Waals surface area contributed by atoms with Crippen LogP contribution in [-0.2, 0) is 19.5 Å². The monoisotopic (exact) mass is 356 g/mol. The summed E-state index contributed by atoms with van der Waals surface area (Å²) in [6.07, 6.45) is 0. The van der Waals surface area contributed by atoms with Crippen molar-refractivity contribution in [3.05, 3.63) is 17.9 Å². The number of ether oxygens (including phenoxy) is 2. The zero-order valence-electron chi connectivity index (χ0n) is 12.5. The average molecular weight is 357 g/mol. The smallest absolute Gasteiger partial charge is 0.374 e. The summed E-state index contributed by atoms with van der Waals surface area (Å²) in [4.78, 5) is 11.4. The quantitative estimate of drug-likeness (QED) is 0.461. The number of carbonyl (C=O) groups excluding carboxylic acids is 1. The first-order valence-corrected chi connectivity index (χ1v) is 7.96. The van der Waals surface area contributed by atoms with Crippen molar-refractivity contribution in [3.8, 4) is 0 Å². The van der Waals surface area contributed by atoms with Crippen LogP contribution in [0.2, 0.25) is 0 Å². The Hall–Kier alpha value is -1.13. The van der Waals surface area contributed by atoms with E-state index in [2.05, 4.69) is 10.0 Å². The van der Waals surface area contributed by atoms with Gasteiger partial charge in [-0.25, -0.2) is 17.9 Å². The van der Waals surface area contributed by atoms with Crippen LogP contribution < -0.4 is 10.0 Å². The molecule has 1 aromatic heterocycles. The molecule has 1 rings (SSSR count). The first-order valence-electron chi connectivity index (χ1n) is 6.47. The maximum Gasteiger partial charge on any atom is 0.374 e. The second-order valence-electron chi connectivity index (χ2n) is 3.98. The number of esters is 1. The molecule has 0 saturated carbocycles. The molecule has 0 aromatic carbocycles. The first kappa shape index (κ1) is 20.9. The Labute approximate surface area is 136 Å². The lowest BCUT2D eigenvalue weighted by atomic mass is 10.5. The zero-order chi connectivity index (χ0) is 15.7. The van der Waals surface area contributed by atoms with Crippen molar-refractivity contribution in [1.82, 2.24) is 10.0 Å². The van der Waals surface area contributed by atoms with Crippen molar-refractivity contribution in [1.29, 1.82) is 0 Å². The standard InChI is InChI=1S/C12H20N2O6S.ClH/c1-3-19-12(15)10-4-5-11(20-10)21(16,17)14-7-6-13-8-9-18-2;/h4-5,13-14H,3,6-9H2,1-2H3;1H. The fourth-order valence-corrected chi connectivity index (χ4v) is 2.38. The Balaban J connectivity index is 0.00000441. The predicted octanol–water partition coefficient (Wildman–Crippen LogP) is 0.392. The van der Waals surface area contributed by atoms with Gasteiger partial charge in [-0.1, -0.05) is 0 Å². The third-order valence-electron chi connectivity index (χ3n) is 2.40. The number of nitrogens with one attached hydrogen (secondary N) is 2. The molecule has 0 aliphatic carbocycles. The Kier molecular flexibility index (Phi) is 10.0. The van der Waals surface area contributed by atoms with E-state index in [-0.39, 0.29) is 36.4 Å². The highest BCUT2D eigenvalue weighted by Crippen LogP contribution is 2.14. The lowest BCUT2D eigenvalue weighted by Crippen LogP contribution is -2.32. The van der Waals surface area contributed by atoms with Gasteiger partial charge in [0.05, 0.1) is 13.2 Å². The number of hydrogen-bond donors (Lipinski definition) is 2. The molecule has 0 radical (unpaired) electrons. The predicted molar refractivity (Wildman–Crippen MR) is 81.8 cm³/mol. The number of sulfonamides is 1. The molecular weight excluding hydrogens is 336 g/mol. The van der Waals surface area contributed by atoms with Crippen LogP contribution in [0.15, 0.2) is 21.6 Å². The number of furan rings is 1. The third kappa shape index (κ3) is 6.75. The van der Waals surface area contributed by atoms with Gasteiger partial charge in [-0.05, 0) is 19.1 Å². The SMILES string of the molecule is CCOC(=O)c1ccc(S(=O)(=O)NCCNCCOC)o1.Cl. The molecule has 0 spiro atoms. The van der Waals surface area contributed by atoms with E-state index in [0.29, 0.717) is 19.7 Å². The van der Waals surface area contributed by atoms with Crippen LogP contribution in [0.1, 0.15) is 17.5 Å². The zero-order valence-corrected chi connectivity index (χ0v) is 14.1. The molecule has 0 amide bonds. The molecule has 0 bridgehead atoms. The van der Waals surface area contributed by atoms with Gasteiger partial charge in [-0.3, -0.25) is 0 Å². The summed E-state index contributed by atoms with van der Waals surface area (Å²) in [7, 11) is -2.19. The molecule has 1 heterocycles. The minimum absolute atomic E-state index is 0. The summed E-state index contributed by atoms with van der Waals surface area (Å²) in [6.45, 7) is 3.67. The molecule has 0 atom stereocenters. The summed E-state index contributed by atoms with van der Waals surface area (Å²) >= 11 is 0. The van der Waals surface area contributed by atoms with Crippen molar-refractivity contribution >= 4 is 28.4 Å². The van der Waals surface area contributed by atoms with Gasteiger partial charge in [0.15, 0.2) is 0 Å². The molecular formula is C12H21ClN2O6S. The summed E-state index contributed by atoms with van der Waals surface area (Å²) in [5.74, 6) is -0.837.